The number of rotatable bonds is 6. The third-order valence-corrected chi connectivity index (χ3v) is 3.68. The van der Waals surface area contributed by atoms with Gasteiger partial charge in [0.15, 0.2) is 0 Å². The third kappa shape index (κ3) is 4.36. The minimum atomic E-state index is 0.310. The van der Waals surface area contributed by atoms with Crippen LogP contribution in [0.4, 0.5) is 0 Å². The molecule has 0 aromatic heterocycles. The Morgan fingerprint density at radius 1 is 1.62 bits per heavy atom. The van der Waals surface area contributed by atoms with Crippen molar-refractivity contribution >= 4 is 17.2 Å². The summed E-state index contributed by atoms with van der Waals surface area (Å²) in [5.74, 6) is 0.652. The molecule has 1 rings (SSSR count). The second-order valence-corrected chi connectivity index (χ2v) is 5.27. The summed E-state index contributed by atoms with van der Waals surface area (Å²) in [4.78, 5) is 3.12. The van der Waals surface area contributed by atoms with Crippen LogP contribution in [0.2, 0.25) is 0 Å². The first-order valence-corrected chi connectivity index (χ1v) is 6.71. The molecule has 4 heteroatoms. The van der Waals surface area contributed by atoms with E-state index >= 15 is 0 Å². The number of hydrogen-bond acceptors (Lipinski definition) is 3. The molecule has 0 radical (unpaired) electrons. The van der Waals surface area contributed by atoms with E-state index in [2.05, 4.69) is 11.8 Å². The number of aliphatic hydroxyl groups excluding tert-OH is 1. The minimum Gasteiger partial charge on any atom is -0.396 e. The van der Waals surface area contributed by atoms with Crippen LogP contribution in [0.15, 0.2) is 0 Å². The fraction of sp³-hybridized carbons (Fsp3) is 0.917. The molecule has 0 saturated carbocycles. The lowest BCUT2D eigenvalue weighted by Crippen LogP contribution is -2.44. The summed E-state index contributed by atoms with van der Waals surface area (Å²) in [6.07, 6.45) is 5.35. The molecule has 16 heavy (non-hydrogen) atoms. The van der Waals surface area contributed by atoms with Gasteiger partial charge in [0, 0.05) is 25.6 Å². The fourth-order valence-electron chi connectivity index (χ4n) is 2.61. The Hall–Kier alpha value is -0.190. The van der Waals surface area contributed by atoms with Crippen molar-refractivity contribution in [3.63, 3.8) is 0 Å². The topological polar surface area (TPSA) is 49.5 Å². The van der Waals surface area contributed by atoms with E-state index in [4.69, 9.17) is 23.1 Å². The highest BCUT2D eigenvalue weighted by Crippen LogP contribution is 2.23. The lowest BCUT2D eigenvalue weighted by Gasteiger charge is -2.38. The third-order valence-electron chi connectivity index (χ3n) is 3.51. The molecule has 0 spiro atoms. The van der Waals surface area contributed by atoms with Gasteiger partial charge in [-0.15, -0.1) is 0 Å². The summed E-state index contributed by atoms with van der Waals surface area (Å²) < 4.78 is 0. The summed E-state index contributed by atoms with van der Waals surface area (Å²) in [7, 11) is 0. The number of nitrogens with zero attached hydrogens (tertiary/aromatic N) is 1. The van der Waals surface area contributed by atoms with Gasteiger partial charge in [0.05, 0.1) is 4.99 Å². The van der Waals surface area contributed by atoms with Crippen LogP contribution >= 0.6 is 12.2 Å². The fourth-order valence-corrected chi connectivity index (χ4v) is 2.80. The van der Waals surface area contributed by atoms with E-state index in [1.807, 2.05) is 0 Å². The van der Waals surface area contributed by atoms with E-state index in [1.165, 1.54) is 12.8 Å². The van der Waals surface area contributed by atoms with Gasteiger partial charge in [0.2, 0.25) is 0 Å². The monoisotopic (exact) mass is 244 g/mol. The number of aliphatic hydroxyl groups is 1. The summed E-state index contributed by atoms with van der Waals surface area (Å²) >= 11 is 5.00. The SMILES string of the molecule is CCC(CC(N)=S)N1CCCC(CCO)C1. The second kappa shape index (κ2) is 7.20. The Morgan fingerprint density at radius 2 is 2.38 bits per heavy atom. The molecule has 1 fully saturated rings. The zero-order chi connectivity index (χ0) is 12.0. The average molecular weight is 244 g/mol. The van der Waals surface area contributed by atoms with Crippen molar-refractivity contribution in [1.29, 1.82) is 0 Å². The van der Waals surface area contributed by atoms with Crippen LogP contribution in [0.25, 0.3) is 0 Å². The molecule has 94 valence electrons. The Balaban J connectivity index is 2.46. The minimum absolute atomic E-state index is 0.310. The maximum atomic E-state index is 8.99. The predicted molar refractivity (Wildman–Crippen MR) is 71.5 cm³/mol. The van der Waals surface area contributed by atoms with E-state index in [1.54, 1.807) is 0 Å². The summed E-state index contributed by atoms with van der Waals surface area (Å²) in [5, 5.41) is 8.99. The van der Waals surface area contributed by atoms with Gasteiger partial charge in [-0.2, -0.15) is 0 Å². The first-order chi connectivity index (χ1) is 7.67. The standard InChI is InChI=1S/C12H24N2OS/c1-2-11(8-12(13)16)14-6-3-4-10(9-14)5-7-15/h10-11,15H,2-9H2,1H3,(H2,13,16). The zero-order valence-corrected chi connectivity index (χ0v) is 11.0. The van der Waals surface area contributed by atoms with Gasteiger partial charge in [-0.1, -0.05) is 19.1 Å². The zero-order valence-electron chi connectivity index (χ0n) is 10.2. The second-order valence-electron chi connectivity index (χ2n) is 4.75. The van der Waals surface area contributed by atoms with Crippen LogP contribution in [0.5, 0.6) is 0 Å². The Morgan fingerprint density at radius 3 is 2.94 bits per heavy atom. The molecule has 3 N–H and O–H groups in total. The summed E-state index contributed by atoms with van der Waals surface area (Å²) in [6.45, 7) is 4.76. The molecule has 0 amide bonds. The molecule has 1 saturated heterocycles. The molecule has 1 aliphatic rings. The first kappa shape index (κ1) is 13.9. The molecule has 0 aromatic rings. The maximum Gasteiger partial charge on any atom is 0.0743 e. The predicted octanol–water partition coefficient (Wildman–Crippen LogP) is 1.54. The van der Waals surface area contributed by atoms with Gasteiger partial charge in [-0.05, 0) is 38.1 Å². The van der Waals surface area contributed by atoms with Crippen LogP contribution in [-0.4, -0.2) is 40.7 Å². The lowest BCUT2D eigenvalue weighted by molar-refractivity contribution is 0.108. The molecular weight excluding hydrogens is 220 g/mol. The number of likely N-dealkylation sites (tertiary alicyclic amines) is 1. The number of thiocarbonyl (C=S) groups is 1. The van der Waals surface area contributed by atoms with Crippen molar-refractivity contribution in [2.75, 3.05) is 19.7 Å². The smallest absolute Gasteiger partial charge is 0.0743 e. The van der Waals surface area contributed by atoms with Crippen molar-refractivity contribution in [2.45, 2.75) is 45.1 Å². The van der Waals surface area contributed by atoms with E-state index in [9.17, 15) is 0 Å². The highest BCUT2D eigenvalue weighted by molar-refractivity contribution is 7.80. The van der Waals surface area contributed by atoms with Crippen molar-refractivity contribution in [3.8, 4) is 0 Å². The van der Waals surface area contributed by atoms with Gasteiger partial charge < -0.3 is 10.8 Å². The van der Waals surface area contributed by atoms with Gasteiger partial charge in [0.1, 0.15) is 0 Å². The number of piperidine rings is 1. The van der Waals surface area contributed by atoms with Gasteiger partial charge in [-0.3, -0.25) is 4.90 Å². The van der Waals surface area contributed by atoms with E-state index in [0.717, 1.165) is 32.4 Å². The molecule has 2 unspecified atom stereocenters. The summed E-state index contributed by atoms with van der Waals surface area (Å²) in [5.41, 5.74) is 5.63. The molecule has 2 atom stereocenters. The van der Waals surface area contributed by atoms with E-state index < -0.39 is 0 Å². The first-order valence-electron chi connectivity index (χ1n) is 6.30. The molecule has 3 nitrogen and oxygen atoms in total. The Kier molecular flexibility index (Phi) is 6.24. The molecule has 0 aromatic carbocycles. The molecule has 0 bridgehead atoms. The van der Waals surface area contributed by atoms with Crippen LogP contribution in [-0.2, 0) is 0 Å². The molecular formula is C12H24N2OS. The summed E-state index contributed by atoms with van der Waals surface area (Å²) in [6, 6.07) is 0.499. The van der Waals surface area contributed by atoms with Gasteiger partial charge in [0.25, 0.3) is 0 Å². The normalized spacial score (nSPS) is 24.2. The van der Waals surface area contributed by atoms with Crippen LogP contribution in [0, 0.1) is 5.92 Å². The van der Waals surface area contributed by atoms with E-state index in [-0.39, 0.29) is 0 Å². The molecule has 1 aliphatic heterocycles. The van der Waals surface area contributed by atoms with Crippen molar-refractivity contribution in [1.82, 2.24) is 4.90 Å². The highest BCUT2D eigenvalue weighted by atomic mass is 32.1. The molecule has 0 aliphatic carbocycles. The van der Waals surface area contributed by atoms with Crippen LogP contribution in [0.1, 0.15) is 39.0 Å². The lowest BCUT2D eigenvalue weighted by atomic mass is 9.93. The molecule has 1 heterocycles. The average Bonchev–Trinajstić information content (AvgIpc) is 2.26. The quantitative estimate of drug-likeness (QED) is 0.696. The van der Waals surface area contributed by atoms with E-state index in [0.29, 0.717) is 23.6 Å². The van der Waals surface area contributed by atoms with Crippen molar-refractivity contribution in [2.24, 2.45) is 11.7 Å². The van der Waals surface area contributed by atoms with Crippen LogP contribution in [0.3, 0.4) is 0 Å². The largest absolute Gasteiger partial charge is 0.396 e. The Bertz CT molecular complexity index is 221. The van der Waals surface area contributed by atoms with Gasteiger partial charge in [-0.25, -0.2) is 0 Å². The number of hydrogen-bond donors (Lipinski definition) is 2. The Labute approximate surface area is 104 Å². The van der Waals surface area contributed by atoms with Gasteiger partial charge >= 0.3 is 0 Å². The number of nitrogens with two attached hydrogens (primary N) is 1. The van der Waals surface area contributed by atoms with Crippen molar-refractivity contribution < 1.29 is 5.11 Å². The maximum absolute atomic E-state index is 8.99. The van der Waals surface area contributed by atoms with Crippen LogP contribution < -0.4 is 5.73 Å². The highest BCUT2D eigenvalue weighted by Gasteiger charge is 2.24. The van der Waals surface area contributed by atoms with Crippen molar-refractivity contribution in [3.05, 3.63) is 0 Å².